The molecule has 2 atom stereocenters. The molecule has 0 aliphatic heterocycles. The minimum atomic E-state index is -0.813. The van der Waals surface area contributed by atoms with E-state index in [2.05, 4.69) is 0 Å². The molecular formula is C18H20N2O3. The monoisotopic (exact) mass is 312 g/mol. The molecule has 5 nitrogen and oxygen atoms in total. The van der Waals surface area contributed by atoms with E-state index in [0.717, 1.165) is 29.0 Å². The predicted octanol–water partition coefficient (Wildman–Crippen LogP) is 3.66. The smallest absolute Gasteiger partial charge is 0.338 e. The summed E-state index contributed by atoms with van der Waals surface area (Å²) in [5, 5.41) is 10.00. The number of rotatable bonds is 5. The lowest BCUT2D eigenvalue weighted by atomic mass is 10.1. The van der Waals surface area contributed by atoms with E-state index in [-0.39, 0.29) is 12.5 Å². The molecule has 0 radical (unpaired) electrons. The summed E-state index contributed by atoms with van der Waals surface area (Å²) in [7, 11) is 0. The molecule has 2 aromatic carbocycles. The summed E-state index contributed by atoms with van der Waals surface area (Å²) in [6, 6.07) is 15.0. The van der Waals surface area contributed by atoms with Gasteiger partial charge in [0.2, 0.25) is 0 Å². The summed E-state index contributed by atoms with van der Waals surface area (Å²) >= 11 is 0. The number of benzene rings is 2. The Morgan fingerprint density at radius 2 is 2.09 bits per heavy atom. The lowest BCUT2D eigenvalue weighted by molar-refractivity contribution is -0.0431. The number of nitrogens with zero attached hydrogens (tertiary/aromatic N) is 1. The highest BCUT2D eigenvalue weighted by molar-refractivity contribution is 5.70. The second-order valence-corrected chi connectivity index (χ2v) is 5.96. The maximum absolute atomic E-state index is 10.9. The van der Waals surface area contributed by atoms with E-state index in [0.29, 0.717) is 11.0 Å². The van der Waals surface area contributed by atoms with E-state index in [1.54, 1.807) is 0 Å². The van der Waals surface area contributed by atoms with Gasteiger partial charge in [0.15, 0.2) is 0 Å². The Morgan fingerprint density at radius 1 is 1.30 bits per heavy atom. The lowest BCUT2D eigenvalue weighted by Gasteiger charge is -2.12. The van der Waals surface area contributed by atoms with Gasteiger partial charge in [0, 0.05) is 0 Å². The van der Waals surface area contributed by atoms with Crippen LogP contribution in [0.3, 0.4) is 0 Å². The quantitative estimate of drug-likeness (QED) is 0.653. The van der Waals surface area contributed by atoms with Gasteiger partial charge in [-0.1, -0.05) is 30.3 Å². The highest BCUT2D eigenvalue weighted by Gasteiger charge is 2.40. The fourth-order valence-electron chi connectivity index (χ4n) is 2.78. The number of para-hydroxylation sites is 1. The SMILES string of the molecule is Cc1ccccc1Oc1cccc(C2CC2CN(O)C(N)=O)c1. The number of hydroxylamine groups is 2. The third kappa shape index (κ3) is 3.63. The molecule has 0 saturated heterocycles. The number of amides is 2. The first kappa shape index (κ1) is 15.4. The first-order valence-corrected chi connectivity index (χ1v) is 7.64. The van der Waals surface area contributed by atoms with Crippen LogP contribution in [-0.4, -0.2) is 22.8 Å². The topological polar surface area (TPSA) is 75.8 Å². The summed E-state index contributed by atoms with van der Waals surface area (Å²) in [5.74, 6) is 2.19. The molecule has 23 heavy (non-hydrogen) atoms. The standard InChI is InChI=1S/C18H20N2O3/c1-12-5-2-3-8-17(12)23-15-7-4-6-13(9-15)16-10-14(16)11-20(22)18(19)21/h2-9,14,16,22H,10-11H2,1H3,(H2,19,21). The van der Waals surface area contributed by atoms with Crippen LogP contribution in [0.5, 0.6) is 11.5 Å². The molecule has 2 unspecified atom stereocenters. The molecule has 2 amide bonds. The molecule has 0 bridgehead atoms. The van der Waals surface area contributed by atoms with Crippen molar-refractivity contribution in [3.8, 4) is 11.5 Å². The van der Waals surface area contributed by atoms with Crippen molar-refractivity contribution < 1.29 is 14.7 Å². The van der Waals surface area contributed by atoms with Gasteiger partial charge >= 0.3 is 6.03 Å². The van der Waals surface area contributed by atoms with Crippen LogP contribution in [-0.2, 0) is 0 Å². The molecule has 3 rings (SSSR count). The van der Waals surface area contributed by atoms with Gasteiger partial charge in [-0.2, -0.15) is 0 Å². The Balaban J connectivity index is 1.67. The van der Waals surface area contributed by atoms with Crippen LogP contribution in [0.4, 0.5) is 4.79 Å². The van der Waals surface area contributed by atoms with Gasteiger partial charge < -0.3 is 10.5 Å². The number of nitrogens with two attached hydrogens (primary N) is 1. The van der Waals surface area contributed by atoms with Crippen molar-refractivity contribution in [2.24, 2.45) is 11.7 Å². The van der Waals surface area contributed by atoms with Gasteiger partial charge in [-0.05, 0) is 54.5 Å². The van der Waals surface area contributed by atoms with E-state index in [1.165, 1.54) is 0 Å². The van der Waals surface area contributed by atoms with E-state index < -0.39 is 6.03 Å². The van der Waals surface area contributed by atoms with Gasteiger partial charge in [0.1, 0.15) is 11.5 Å². The van der Waals surface area contributed by atoms with Crippen molar-refractivity contribution in [3.63, 3.8) is 0 Å². The van der Waals surface area contributed by atoms with E-state index in [1.807, 2.05) is 55.5 Å². The molecule has 0 aromatic heterocycles. The van der Waals surface area contributed by atoms with Gasteiger partial charge in [-0.15, -0.1) is 0 Å². The number of ether oxygens (including phenoxy) is 1. The Hall–Kier alpha value is -2.53. The molecule has 0 spiro atoms. The van der Waals surface area contributed by atoms with Gasteiger partial charge in [-0.25, -0.2) is 9.86 Å². The maximum Gasteiger partial charge on any atom is 0.338 e. The number of primary amides is 1. The first-order chi connectivity index (χ1) is 11.0. The van der Waals surface area contributed by atoms with Crippen LogP contribution < -0.4 is 10.5 Å². The average molecular weight is 312 g/mol. The number of hydrogen-bond acceptors (Lipinski definition) is 3. The van der Waals surface area contributed by atoms with Gasteiger partial charge in [0.05, 0.1) is 6.54 Å². The zero-order chi connectivity index (χ0) is 16.4. The Kier molecular flexibility index (Phi) is 4.21. The summed E-state index contributed by atoms with van der Waals surface area (Å²) < 4.78 is 5.95. The van der Waals surface area contributed by atoms with Crippen LogP contribution in [0.15, 0.2) is 48.5 Å². The van der Waals surface area contributed by atoms with Crippen LogP contribution in [0.2, 0.25) is 0 Å². The molecule has 2 aromatic rings. The minimum Gasteiger partial charge on any atom is -0.457 e. The lowest BCUT2D eigenvalue weighted by Crippen LogP contribution is -2.34. The van der Waals surface area contributed by atoms with Crippen LogP contribution >= 0.6 is 0 Å². The molecule has 120 valence electrons. The number of aryl methyl sites for hydroxylation is 1. The minimum absolute atomic E-state index is 0.237. The molecule has 5 heteroatoms. The van der Waals surface area contributed by atoms with Crippen molar-refractivity contribution >= 4 is 6.03 Å². The summed E-state index contributed by atoms with van der Waals surface area (Å²) in [6.45, 7) is 2.28. The van der Waals surface area contributed by atoms with Crippen LogP contribution in [0.25, 0.3) is 0 Å². The summed E-state index contributed by atoms with van der Waals surface area (Å²) in [5.41, 5.74) is 7.27. The molecule has 1 aliphatic carbocycles. The van der Waals surface area contributed by atoms with E-state index >= 15 is 0 Å². The van der Waals surface area contributed by atoms with Crippen molar-refractivity contribution in [1.82, 2.24) is 5.06 Å². The molecule has 3 N–H and O–H groups in total. The zero-order valence-electron chi connectivity index (χ0n) is 13.0. The normalized spacial score (nSPS) is 19.2. The molecule has 1 saturated carbocycles. The number of carbonyl (C=O) groups is 1. The van der Waals surface area contributed by atoms with Crippen LogP contribution in [0, 0.1) is 12.8 Å². The van der Waals surface area contributed by atoms with Crippen LogP contribution in [0.1, 0.15) is 23.5 Å². The zero-order valence-corrected chi connectivity index (χ0v) is 13.0. The maximum atomic E-state index is 10.9. The van der Waals surface area contributed by atoms with Gasteiger partial charge in [-0.3, -0.25) is 5.21 Å². The second-order valence-electron chi connectivity index (χ2n) is 5.96. The summed E-state index contributed by atoms with van der Waals surface area (Å²) in [6.07, 6.45) is 0.929. The van der Waals surface area contributed by atoms with E-state index in [4.69, 9.17) is 10.5 Å². The Bertz CT molecular complexity index is 717. The van der Waals surface area contributed by atoms with Crippen molar-refractivity contribution in [3.05, 3.63) is 59.7 Å². The second kappa shape index (κ2) is 6.30. The Morgan fingerprint density at radius 3 is 2.83 bits per heavy atom. The predicted molar refractivity (Wildman–Crippen MR) is 86.6 cm³/mol. The number of hydrogen-bond donors (Lipinski definition) is 2. The fourth-order valence-corrected chi connectivity index (χ4v) is 2.78. The van der Waals surface area contributed by atoms with Crippen molar-refractivity contribution in [2.75, 3.05) is 6.54 Å². The Labute approximate surface area is 135 Å². The third-order valence-corrected chi connectivity index (χ3v) is 4.19. The average Bonchev–Trinajstić information content (AvgIpc) is 3.29. The van der Waals surface area contributed by atoms with Crippen molar-refractivity contribution in [1.29, 1.82) is 0 Å². The third-order valence-electron chi connectivity index (χ3n) is 4.19. The number of carbonyl (C=O) groups excluding carboxylic acids is 1. The molecule has 1 fully saturated rings. The molecule has 1 aliphatic rings. The fraction of sp³-hybridized carbons (Fsp3) is 0.278. The van der Waals surface area contributed by atoms with Gasteiger partial charge in [0.25, 0.3) is 0 Å². The largest absolute Gasteiger partial charge is 0.457 e. The molecule has 0 heterocycles. The van der Waals surface area contributed by atoms with Crippen molar-refractivity contribution in [2.45, 2.75) is 19.3 Å². The number of urea groups is 1. The highest BCUT2D eigenvalue weighted by Crippen LogP contribution is 2.48. The molecular weight excluding hydrogens is 292 g/mol. The summed E-state index contributed by atoms with van der Waals surface area (Å²) in [4.78, 5) is 10.9. The first-order valence-electron chi connectivity index (χ1n) is 7.64. The van der Waals surface area contributed by atoms with E-state index in [9.17, 15) is 10.0 Å². The highest BCUT2D eigenvalue weighted by atomic mass is 16.5.